The first-order valence-electron chi connectivity index (χ1n) is 25.3. The minimum atomic E-state index is -1.64. The van der Waals surface area contributed by atoms with Crippen molar-refractivity contribution in [1.82, 2.24) is 50.6 Å². The van der Waals surface area contributed by atoms with Crippen LogP contribution < -0.4 is 52.1 Å². The maximum Gasteiger partial charge on any atom is 0.305 e. The predicted molar refractivity (Wildman–Crippen MR) is 285 cm³/mol. The zero-order valence-corrected chi connectivity index (χ0v) is 46.5. The number of aliphatic carboxylic acids is 2. The van der Waals surface area contributed by atoms with Crippen molar-refractivity contribution >= 4 is 65.1 Å². The van der Waals surface area contributed by atoms with Gasteiger partial charge in [0.2, 0.25) is 29.5 Å². The monoisotopic (exact) mass is 1220 g/mol. The minimum Gasteiger partial charge on any atom is -0.642 e. The number of aliphatic hydroxyl groups is 3. The van der Waals surface area contributed by atoms with Gasteiger partial charge in [-0.2, -0.15) is 0 Å². The first-order chi connectivity index (χ1) is 38.6. The van der Waals surface area contributed by atoms with Crippen LogP contribution in [0.3, 0.4) is 0 Å². The molecule has 5 atom stereocenters. The van der Waals surface area contributed by atoms with E-state index < -0.39 is 116 Å². The number of amides is 7. The fourth-order valence-electron chi connectivity index (χ4n) is 7.10. The zero-order valence-electron chi connectivity index (χ0n) is 44.6. The number of guanidine groups is 1. The maximum atomic E-state index is 13.9. The second kappa shape index (κ2) is 37.6. The Morgan fingerprint density at radius 1 is 0.790 bits per heavy atom. The summed E-state index contributed by atoms with van der Waals surface area (Å²) < 4.78 is 3.60. The van der Waals surface area contributed by atoms with Crippen molar-refractivity contribution in [1.29, 1.82) is 0 Å². The average Bonchev–Trinajstić information content (AvgIpc) is 3.44. The van der Waals surface area contributed by atoms with E-state index in [0.717, 1.165) is 12.8 Å². The number of aliphatic imine (C=N–C) groups is 1. The Kier molecular flexibility index (Phi) is 32.0. The molecular formula is C50H71N15O15Tc. The Morgan fingerprint density at radius 2 is 1.40 bits per heavy atom. The number of hydrogen-bond donors (Lipinski definition) is 15. The minimum absolute atomic E-state index is 0.0185. The fourth-order valence-corrected chi connectivity index (χ4v) is 7.29. The summed E-state index contributed by atoms with van der Waals surface area (Å²) >= 11 is 1.70. The molecule has 3 aromatic rings. The van der Waals surface area contributed by atoms with Crippen molar-refractivity contribution < 1.29 is 92.5 Å². The summed E-state index contributed by atoms with van der Waals surface area (Å²) in [7, 11) is 0. The van der Waals surface area contributed by atoms with Gasteiger partial charge in [-0.15, -0.1) is 0 Å². The molecule has 1 saturated heterocycles. The molecule has 1 unspecified atom stereocenters. The molecule has 1 aliphatic heterocycles. The molecule has 81 heavy (non-hydrogen) atoms. The summed E-state index contributed by atoms with van der Waals surface area (Å²) in [5.41, 5.74) is 10.8. The Balaban J connectivity index is 0.000000700. The first-order valence-corrected chi connectivity index (χ1v) is 26.2. The number of carboxylic acid groups (broad SMARTS) is 2. The van der Waals surface area contributed by atoms with Gasteiger partial charge in [-0.1, -0.05) is 31.0 Å². The Bertz CT molecular complexity index is 2600. The van der Waals surface area contributed by atoms with Crippen LogP contribution in [0.15, 0.2) is 77.2 Å². The second-order valence-corrected chi connectivity index (χ2v) is 18.5. The van der Waals surface area contributed by atoms with Crippen molar-refractivity contribution in [3.8, 4) is 5.75 Å². The third-order valence-electron chi connectivity index (χ3n) is 11.5. The number of aromatic nitrogens is 2. The van der Waals surface area contributed by atoms with Gasteiger partial charge in [0, 0.05) is 56.8 Å². The molecule has 4 rings (SSSR count). The van der Waals surface area contributed by atoms with Crippen molar-refractivity contribution in [2.75, 3.05) is 46.0 Å². The molecule has 0 spiro atoms. The summed E-state index contributed by atoms with van der Waals surface area (Å²) in [6, 6.07) is 6.95. The number of phenols is 1. The molecule has 0 saturated carbocycles. The number of pyridine rings is 2. The van der Waals surface area contributed by atoms with E-state index in [9.17, 15) is 53.4 Å². The van der Waals surface area contributed by atoms with Gasteiger partial charge < -0.3 is 79.3 Å². The molecule has 1 fully saturated rings. The van der Waals surface area contributed by atoms with Crippen LogP contribution in [-0.2, 0) is 58.7 Å². The first kappa shape index (κ1) is 68.9. The SMILES string of the molecule is CCCC(C)NC(=O)c1ccncc1.NC(N)=NCCC[C@@H]1NC(=O)[C@H](CCCCNC(=O)c2ccc(N=[N+]=[Tc])nc2)NC(=O)[C@@H](Cc2ccc(O)cc2)NC(=O)[C@H](CC(=O)O)NC(=O)CNC1=O.O=C(O)C[N-]C(CO)(CO)CO. The van der Waals surface area contributed by atoms with Crippen LogP contribution in [0.4, 0.5) is 5.82 Å². The molecule has 7 amide bonds. The third-order valence-corrected chi connectivity index (χ3v) is 11.7. The fraction of sp³-hybridized carbons (Fsp3) is 0.480. The van der Waals surface area contributed by atoms with Gasteiger partial charge in [0.1, 0.15) is 29.9 Å². The van der Waals surface area contributed by atoms with Gasteiger partial charge in [-0.3, -0.25) is 48.3 Å². The van der Waals surface area contributed by atoms with Crippen molar-refractivity contribution in [3.63, 3.8) is 0 Å². The molecule has 1 aromatic carbocycles. The molecule has 17 N–H and O–H groups in total. The number of aromatic hydroxyl groups is 1. The van der Waals surface area contributed by atoms with E-state index in [1.807, 2.05) is 6.92 Å². The normalized spacial score (nSPS) is 17.0. The van der Waals surface area contributed by atoms with Gasteiger partial charge in [0.05, 0.1) is 13.0 Å². The van der Waals surface area contributed by atoms with Gasteiger partial charge in [-0.05, 0) is 62.6 Å². The molecule has 3 heterocycles. The van der Waals surface area contributed by atoms with E-state index in [-0.39, 0.29) is 68.0 Å². The standard InChI is InChI=1S/C33H43N12O9.C11H16N2O.C6H12NO5.Tc/c34-33(35)38-13-3-5-21-29(51)40-17-26(47)41-24(15-27(48)49)32(54)44-23(14-18-6-9-20(46)10-7-18)31(53)43-22(30(52)42-21)4-1-2-12-37-28(50)19-8-11-25(45-36)39-16-19;1-3-4-9(2)13-11(14)10-5-7-12-8-6-10;8-2-6(3-9,4-10)7-1-5(11)12;/h6-11,16,21-24,46H,1-5,12-15,17H2,(H,37,50)(H,40,51)(H,41,47)(H,42,52)(H,43,53)(H,44,54)(H,48,49)(H4,34,35,38);5-9H,3-4H2,1-2H3,(H,13,14);8-10H,1-4H2,(H,11,12);/q-1;;-1;+2/t21-,22-,23+,24-;;;/m0.../s1. The van der Waals surface area contributed by atoms with Crippen LogP contribution in [0.1, 0.15) is 91.5 Å². The number of nitrogens with zero attached hydrogens (tertiary/aromatic N) is 6. The van der Waals surface area contributed by atoms with E-state index >= 15 is 0 Å². The third kappa shape index (κ3) is 27.5. The van der Waals surface area contributed by atoms with Gasteiger partial charge in [-0.25, -0.2) is 0 Å². The van der Waals surface area contributed by atoms with Crippen molar-refractivity contribution in [3.05, 3.63) is 89.1 Å². The number of carboxylic acids is 2. The Morgan fingerprint density at radius 3 is 1.96 bits per heavy atom. The van der Waals surface area contributed by atoms with E-state index in [0.29, 0.717) is 29.8 Å². The van der Waals surface area contributed by atoms with E-state index in [2.05, 4.69) is 72.9 Å². The smallest absolute Gasteiger partial charge is 0.305 e. The Hall–Kier alpha value is -8.18. The summed E-state index contributed by atoms with van der Waals surface area (Å²) in [6.07, 6.45) is 6.61. The number of nitrogens with two attached hydrogens (primary N) is 2. The average molecular weight is 1220 g/mol. The summed E-state index contributed by atoms with van der Waals surface area (Å²) in [4.78, 5) is 125. The van der Waals surface area contributed by atoms with Crippen molar-refractivity contribution in [2.24, 2.45) is 21.6 Å². The maximum absolute atomic E-state index is 13.9. The number of aliphatic hydroxyl groups excluding tert-OH is 3. The van der Waals surface area contributed by atoms with Crippen LogP contribution in [0, 0.1) is 0 Å². The predicted octanol–water partition coefficient (Wildman–Crippen LogP) is -2.43. The molecular weight excluding hydrogens is 1150 g/mol. The molecule has 30 nitrogen and oxygen atoms in total. The van der Waals surface area contributed by atoms with Gasteiger partial charge in [0.25, 0.3) is 11.9 Å². The number of unbranched alkanes of at least 4 members (excludes halogenated alkanes) is 1. The van der Waals surface area contributed by atoms with E-state index in [1.165, 1.54) is 42.6 Å². The number of hydrogen-bond acceptors (Lipinski definition) is 17. The largest absolute Gasteiger partial charge is 0.642 e. The number of phenolic OH excluding ortho intramolecular Hbond substituents is 1. The number of carbonyl (C=O) groups is 9. The van der Waals surface area contributed by atoms with Crippen LogP contribution >= 0.6 is 0 Å². The van der Waals surface area contributed by atoms with Crippen LogP contribution in [0.25, 0.3) is 5.32 Å². The molecule has 31 heteroatoms. The molecule has 0 aliphatic carbocycles. The van der Waals surface area contributed by atoms with Crippen LogP contribution in [0.2, 0.25) is 0 Å². The van der Waals surface area contributed by atoms with Gasteiger partial charge in [0.15, 0.2) is 5.96 Å². The summed E-state index contributed by atoms with van der Waals surface area (Å²) in [5.74, 6) is -7.22. The van der Waals surface area contributed by atoms with Crippen LogP contribution in [-0.4, -0.2) is 182 Å². The number of rotatable bonds is 25. The molecule has 443 valence electrons. The molecule has 0 bridgehead atoms. The number of carbonyl (C=O) groups excluding carboxylic acids is 7. The van der Waals surface area contributed by atoms with Crippen molar-refractivity contribution in [2.45, 2.75) is 107 Å². The number of benzene rings is 1. The summed E-state index contributed by atoms with van der Waals surface area (Å²) in [5, 5.41) is 78.8. The second-order valence-electron chi connectivity index (χ2n) is 18.1. The quantitative estimate of drug-likeness (QED) is 0.0138. The molecule has 2 aromatic heterocycles. The topological polar surface area (TPSA) is 490 Å². The zero-order chi connectivity index (χ0) is 60.3. The van der Waals surface area contributed by atoms with E-state index in [4.69, 9.17) is 31.9 Å². The van der Waals surface area contributed by atoms with Crippen LogP contribution in [0.5, 0.6) is 5.75 Å². The summed E-state index contributed by atoms with van der Waals surface area (Å²) in [6.45, 7) is 1.49. The number of nitrogens with one attached hydrogen (secondary N) is 7. The molecule has 1 aliphatic rings. The molecule has 0 radical (unpaired) electrons. The Labute approximate surface area is 476 Å². The van der Waals surface area contributed by atoms with Gasteiger partial charge >= 0.3 is 110 Å². The van der Waals surface area contributed by atoms with E-state index in [1.54, 1.807) is 43.2 Å².